The molecule has 0 fully saturated rings. The second-order valence-electron chi connectivity index (χ2n) is 2.03. The van der Waals surface area contributed by atoms with Gasteiger partial charge in [-0.3, -0.25) is 0 Å². The van der Waals surface area contributed by atoms with E-state index in [0.717, 1.165) is 0 Å². The van der Waals surface area contributed by atoms with Crippen LogP contribution >= 0.6 is 0 Å². The minimum atomic E-state index is 0.669. The summed E-state index contributed by atoms with van der Waals surface area (Å²) < 4.78 is 4.96. The molecule has 10 heavy (non-hydrogen) atoms. The van der Waals surface area contributed by atoms with Crippen LogP contribution in [0.15, 0.2) is 41.7 Å². The summed E-state index contributed by atoms with van der Waals surface area (Å²) in [6, 6.07) is 0. The molecule has 1 rings (SSSR count). The molecule has 0 radical (unpaired) electrons. The molecule has 0 amide bonds. The quantitative estimate of drug-likeness (QED) is 0.523. The van der Waals surface area contributed by atoms with Crippen molar-refractivity contribution in [2.75, 3.05) is 13.7 Å². The average molecular weight is 134 g/mol. The van der Waals surface area contributed by atoms with E-state index in [0.29, 0.717) is 6.61 Å². The first-order chi connectivity index (χ1) is 4.93. The molecule has 0 unspecified atom stereocenters. The Labute approximate surface area is 61.0 Å². The molecule has 0 saturated carbocycles. The Morgan fingerprint density at radius 2 is 2.40 bits per heavy atom. The fraction of sp³-hybridized carbons (Fsp3) is 0.222. The molecule has 0 bridgehead atoms. The molecule has 0 aromatic carbocycles. The minimum absolute atomic E-state index is 0.669. The maximum Gasteiger partial charge on any atom is 0.0713 e. The number of hydrogen-bond donors (Lipinski definition) is 0. The molecular formula is C9H10O. The van der Waals surface area contributed by atoms with E-state index in [1.54, 1.807) is 7.11 Å². The lowest BCUT2D eigenvalue weighted by atomic mass is 10.2. The molecule has 1 aliphatic rings. The molecule has 1 heteroatoms. The molecule has 0 aliphatic heterocycles. The number of rotatable bonds is 2. The third-order valence-corrected chi connectivity index (χ3v) is 1.21. The zero-order valence-electron chi connectivity index (χ0n) is 6.00. The van der Waals surface area contributed by atoms with Crippen molar-refractivity contribution in [3.8, 4) is 0 Å². The molecule has 0 heterocycles. The smallest absolute Gasteiger partial charge is 0.0713 e. The van der Waals surface area contributed by atoms with Crippen LogP contribution in [0.1, 0.15) is 0 Å². The molecular weight excluding hydrogens is 124 g/mol. The maximum absolute atomic E-state index is 4.96. The topological polar surface area (TPSA) is 9.23 Å². The first kappa shape index (κ1) is 7.07. The summed E-state index contributed by atoms with van der Waals surface area (Å²) in [6.07, 6.45) is 9.71. The van der Waals surface area contributed by atoms with E-state index >= 15 is 0 Å². The molecule has 0 spiro atoms. The van der Waals surface area contributed by atoms with Crippen LogP contribution in [0.25, 0.3) is 0 Å². The Hall–Kier alpha value is -1.04. The zero-order valence-corrected chi connectivity index (χ0v) is 6.00. The van der Waals surface area contributed by atoms with E-state index in [1.165, 1.54) is 5.57 Å². The normalized spacial score (nSPS) is 15.1. The van der Waals surface area contributed by atoms with Crippen molar-refractivity contribution in [3.63, 3.8) is 0 Å². The van der Waals surface area contributed by atoms with Gasteiger partial charge in [0.1, 0.15) is 0 Å². The van der Waals surface area contributed by atoms with Crippen LogP contribution in [0.3, 0.4) is 0 Å². The summed E-state index contributed by atoms with van der Waals surface area (Å²) in [4.78, 5) is 0. The van der Waals surface area contributed by atoms with Gasteiger partial charge in [-0.05, 0) is 23.8 Å². The van der Waals surface area contributed by atoms with E-state index in [4.69, 9.17) is 4.74 Å². The van der Waals surface area contributed by atoms with Gasteiger partial charge in [-0.2, -0.15) is 0 Å². The predicted octanol–water partition coefficient (Wildman–Crippen LogP) is 1.84. The van der Waals surface area contributed by atoms with Crippen LogP contribution < -0.4 is 0 Å². The Kier molecular flexibility index (Phi) is 2.75. The summed E-state index contributed by atoms with van der Waals surface area (Å²) in [7, 11) is 1.69. The second-order valence-corrected chi connectivity index (χ2v) is 2.03. The van der Waals surface area contributed by atoms with Gasteiger partial charge >= 0.3 is 0 Å². The lowest BCUT2D eigenvalue weighted by Gasteiger charge is -1.95. The maximum atomic E-state index is 4.96. The van der Waals surface area contributed by atoms with E-state index in [1.807, 2.05) is 30.4 Å². The van der Waals surface area contributed by atoms with Gasteiger partial charge in [0, 0.05) is 7.11 Å². The number of methoxy groups -OCH3 is 1. The van der Waals surface area contributed by atoms with Crippen molar-refractivity contribution in [1.82, 2.24) is 0 Å². The summed E-state index contributed by atoms with van der Waals surface area (Å²) in [5.41, 5.74) is 4.14. The molecule has 1 aliphatic carbocycles. The Balaban J connectivity index is 2.62. The Bertz CT molecular complexity index is 215. The Morgan fingerprint density at radius 1 is 1.50 bits per heavy atom. The first-order valence-corrected chi connectivity index (χ1v) is 3.21. The summed E-state index contributed by atoms with van der Waals surface area (Å²) in [5, 5.41) is 0. The minimum Gasteiger partial charge on any atom is -0.380 e. The van der Waals surface area contributed by atoms with Crippen molar-refractivity contribution < 1.29 is 4.74 Å². The van der Waals surface area contributed by atoms with Crippen molar-refractivity contribution in [3.05, 3.63) is 41.7 Å². The molecule has 0 aromatic heterocycles. The van der Waals surface area contributed by atoms with E-state index in [9.17, 15) is 0 Å². The van der Waals surface area contributed by atoms with Crippen molar-refractivity contribution in [2.24, 2.45) is 0 Å². The van der Waals surface area contributed by atoms with Crippen LogP contribution in [0.4, 0.5) is 0 Å². The highest BCUT2D eigenvalue weighted by Crippen LogP contribution is 2.00. The van der Waals surface area contributed by atoms with Gasteiger partial charge in [-0.25, -0.2) is 0 Å². The highest BCUT2D eigenvalue weighted by Gasteiger charge is 1.88. The third kappa shape index (κ3) is 2.06. The van der Waals surface area contributed by atoms with Gasteiger partial charge in [0.15, 0.2) is 0 Å². The van der Waals surface area contributed by atoms with E-state index < -0.39 is 0 Å². The van der Waals surface area contributed by atoms with Gasteiger partial charge in [0.2, 0.25) is 0 Å². The van der Waals surface area contributed by atoms with Crippen LogP contribution in [0.5, 0.6) is 0 Å². The lowest BCUT2D eigenvalue weighted by Crippen LogP contribution is -1.89. The van der Waals surface area contributed by atoms with Gasteiger partial charge in [-0.15, -0.1) is 5.73 Å². The SMILES string of the molecule is COCC1=CC=C=CC=C1. The van der Waals surface area contributed by atoms with Gasteiger partial charge < -0.3 is 4.74 Å². The molecule has 0 atom stereocenters. The summed E-state index contributed by atoms with van der Waals surface area (Å²) in [5.74, 6) is 0. The molecule has 0 aromatic rings. The summed E-state index contributed by atoms with van der Waals surface area (Å²) in [6.45, 7) is 0.669. The number of allylic oxidation sites excluding steroid dienone is 3. The standard InChI is InChI=1S/C9H10O/c1-10-8-9-6-4-2-3-5-7-9/h2,4-7H,8H2,1H3. The largest absolute Gasteiger partial charge is 0.380 e. The van der Waals surface area contributed by atoms with Gasteiger partial charge in [-0.1, -0.05) is 12.2 Å². The first-order valence-electron chi connectivity index (χ1n) is 3.21. The monoisotopic (exact) mass is 134 g/mol. The summed E-state index contributed by atoms with van der Waals surface area (Å²) >= 11 is 0. The van der Waals surface area contributed by atoms with Gasteiger partial charge in [0.05, 0.1) is 6.61 Å². The fourth-order valence-electron chi connectivity index (χ4n) is 0.756. The van der Waals surface area contributed by atoms with Crippen LogP contribution in [-0.4, -0.2) is 13.7 Å². The molecule has 0 saturated heterocycles. The highest BCUT2D eigenvalue weighted by molar-refractivity contribution is 5.29. The fourth-order valence-corrected chi connectivity index (χ4v) is 0.756. The van der Waals surface area contributed by atoms with Crippen molar-refractivity contribution >= 4 is 0 Å². The zero-order chi connectivity index (χ0) is 7.23. The van der Waals surface area contributed by atoms with Crippen LogP contribution in [-0.2, 0) is 4.74 Å². The second kappa shape index (κ2) is 3.89. The van der Waals surface area contributed by atoms with Crippen LogP contribution in [0.2, 0.25) is 0 Å². The number of ether oxygens (including phenoxy) is 1. The van der Waals surface area contributed by atoms with Crippen molar-refractivity contribution in [1.29, 1.82) is 0 Å². The number of hydrogen-bond acceptors (Lipinski definition) is 1. The third-order valence-electron chi connectivity index (χ3n) is 1.21. The van der Waals surface area contributed by atoms with Gasteiger partial charge in [0.25, 0.3) is 0 Å². The average Bonchev–Trinajstić information content (AvgIpc) is 2.17. The van der Waals surface area contributed by atoms with Crippen molar-refractivity contribution in [2.45, 2.75) is 0 Å². The van der Waals surface area contributed by atoms with Crippen LogP contribution in [0, 0.1) is 0 Å². The Morgan fingerprint density at radius 3 is 3.20 bits per heavy atom. The molecule has 0 N–H and O–H groups in total. The van der Waals surface area contributed by atoms with E-state index in [-0.39, 0.29) is 0 Å². The van der Waals surface area contributed by atoms with E-state index in [2.05, 4.69) is 5.73 Å². The predicted molar refractivity (Wildman–Crippen MR) is 41.8 cm³/mol. The molecule has 1 nitrogen and oxygen atoms in total. The lowest BCUT2D eigenvalue weighted by molar-refractivity contribution is 0.228. The highest BCUT2D eigenvalue weighted by atomic mass is 16.5. The molecule has 52 valence electrons.